The van der Waals surface area contributed by atoms with Crippen LogP contribution in [0.4, 0.5) is 11.8 Å². The van der Waals surface area contributed by atoms with Gasteiger partial charge in [-0.25, -0.2) is 19.5 Å². The fourth-order valence-corrected chi connectivity index (χ4v) is 6.11. The van der Waals surface area contributed by atoms with Gasteiger partial charge in [0.1, 0.15) is 36.1 Å². The maximum atomic E-state index is 12.9. The molecule has 4 aromatic rings. The van der Waals surface area contributed by atoms with Crippen LogP contribution in [0.25, 0.3) is 22.2 Å². The van der Waals surface area contributed by atoms with Gasteiger partial charge in [0.25, 0.3) is 5.56 Å². The predicted octanol–water partition coefficient (Wildman–Crippen LogP) is -1.48. The highest BCUT2D eigenvalue weighted by Gasteiger charge is 2.45. The predicted molar refractivity (Wildman–Crippen MR) is 141 cm³/mol. The van der Waals surface area contributed by atoms with E-state index < -0.39 is 63.0 Å². The number of aromatic nitrogens is 7. The lowest BCUT2D eigenvalue weighted by Gasteiger charge is -2.23. The molecule has 2 aliphatic rings. The number of ether oxygens (including phenoxy) is 2. The Morgan fingerprint density at radius 3 is 2.71 bits per heavy atom. The molecule has 0 saturated carbocycles. The molecule has 2 saturated heterocycles. The van der Waals surface area contributed by atoms with Gasteiger partial charge in [-0.3, -0.25) is 23.4 Å². The molecule has 6 rings (SSSR count). The van der Waals surface area contributed by atoms with E-state index in [0.29, 0.717) is 11.0 Å². The maximum absolute atomic E-state index is 12.9. The first-order valence-electron chi connectivity index (χ1n) is 12.8. The minimum absolute atomic E-state index is 0.00460. The third-order valence-corrected chi connectivity index (χ3v) is 8.20. The van der Waals surface area contributed by atoms with E-state index >= 15 is 0 Å². The standard InChI is InChI=1S/C22H28N9O10P/c23-16-10-1-3-30(17(10)26-7-25-16)21-15(34)14(33)11(40-21)2-4-38-42(36,37)41-12-5-9(6-32)39-20(12)31-8-27-13-18(31)28-22(24)29-19(13)35/h1,3,7-9,11-12,14-15,20-21,32-34H,2,4-6H2,(H,36,37)(H2,23,25,26)(H3,24,28,29,35)/t9-,11+,12+,14+,15+,20+,21+/m0/s1. The van der Waals surface area contributed by atoms with Gasteiger partial charge in [0.15, 0.2) is 23.6 Å². The van der Waals surface area contributed by atoms with Crippen molar-refractivity contribution < 1.29 is 43.3 Å². The summed E-state index contributed by atoms with van der Waals surface area (Å²) < 4.78 is 37.9. The summed E-state index contributed by atoms with van der Waals surface area (Å²) in [6.07, 6.45) is -3.62. The van der Waals surface area contributed by atoms with Crippen molar-refractivity contribution in [2.45, 2.75) is 55.8 Å². The first kappa shape index (κ1) is 28.6. The summed E-state index contributed by atoms with van der Waals surface area (Å²) in [6.45, 7) is -0.801. The lowest BCUT2D eigenvalue weighted by molar-refractivity contribution is -0.0518. The number of aliphatic hydroxyl groups excluding tert-OH is 3. The Morgan fingerprint density at radius 1 is 1.12 bits per heavy atom. The van der Waals surface area contributed by atoms with Crippen molar-refractivity contribution in [2.75, 3.05) is 24.7 Å². The van der Waals surface area contributed by atoms with E-state index in [-0.39, 0.29) is 42.4 Å². The van der Waals surface area contributed by atoms with Crippen LogP contribution in [0.15, 0.2) is 29.7 Å². The van der Waals surface area contributed by atoms with Crippen LogP contribution in [0, 0.1) is 0 Å². The lowest BCUT2D eigenvalue weighted by atomic mass is 10.1. The molecule has 4 aromatic heterocycles. The van der Waals surface area contributed by atoms with Gasteiger partial charge in [0, 0.05) is 19.0 Å². The number of anilines is 2. The Balaban J connectivity index is 1.11. The average Bonchev–Trinajstić information content (AvgIpc) is 3.71. The summed E-state index contributed by atoms with van der Waals surface area (Å²) in [6, 6.07) is 1.65. The van der Waals surface area contributed by atoms with Crippen LogP contribution in [-0.2, 0) is 23.1 Å². The molecule has 0 spiro atoms. The van der Waals surface area contributed by atoms with Crippen LogP contribution < -0.4 is 17.0 Å². The number of hydrogen-bond donors (Lipinski definition) is 7. The number of phosphoric acid groups is 1. The topological polar surface area (TPSA) is 281 Å². The monoisotopic (exact) mass is 609 g/mol. The van der Waals surface area contributed by atoms with Crippen molar-refractivity contribution >= 4 is 41.8 Å². The molecule has 0 aliphatic carbocycles. The first-order chi connectivity index (χ1) is 20.1. The smallest absolute Gasteiger partial charge is 0.394 e. The van der Waals surface area contributed by atoms with Crippen LogP contribution in [0.1, 0.15) is 25.3 Å². The van der Waals surface area contributed by atoms with Gasteiger partial charge in [-0.05, 0) is 6.07 Å². The molecule has 2 aliphatic heterocycles. The largest absolute Gasteiger partial charge is 0.472 e. The highest BCUT2D eigenvalue weighted by molar-refractivity contribution is 7.47. The van der Waals surface area contributed by atoms with Crippen LogP contribution in [0.3, 0.4) is 0 Å². The van der Waals surface area contributed by atoms with Gasteiger partial charge in [-0.15, -0.1) is 0 Å². The van der Waals surface area contributed by atoms with E-state index in [0.717, 1.165) is 0 Å². The highest BCUT2D eigenvalue weighted by Crippen LogP contribution is 2.49. The Labute approximate surface area is 235 Å². The molecule has 19 nitrogen and oxygen atoms in total. The van der Waals surface area contributed by atoms with E-state index in [1.54, 1.807) is 12.3 Å². The second-order valence-corrected chi connectivity index (χ2v) is 11.2. The van der Waals surface area contributed by atoms with Crippen LogP contribution in [0.2, 0.25) is 0 Å². The fourth-order valence-electron chi connectivity index (χ4n) is 5.18. The molecule has 226 valence electrons. The minimum atomic E-state index is -4.73. The molecule has 2 fully saturated rings. The molecule has 0 aromatic carbocycles. The molecule has 0 radical (unpaired) electrons. The number of nitrogens with one attached hydrogen (secondary N) is 1. The number of hydrogen-bond acceptors (Lipinski definition) is 15. The first-order valence-corrected chi connectivity index (χ1v) is 14.3. The SMILES string of the molecule is Nc1nc2c(ncn2[C@@H]2O[C@H](CO)C[C@H]2OP(=O)(O)OCC[C@H]2O[C@@H](n3ccc4c(N)ncnc43)[C@H](O)[C@@H]2O)c(=O)[nH]1. The Morgan fingerprint density at radius 2 is 1.93 bits per heavy atom. The number of nitrogens with two attached hydrogens (primary N) is 2. The van der Waals surface area contributed by atoms with Crippen molar-refractivity contribution in [3.05, 3.63) is 35.3 Å². The van der Waals surface area contributed by atoms with Gasteiger partial charge in [-0.2, -0.15) is 4.98 Å². The number of fused-ring (bicyclic) bond motifs is 2. The molecular weight excluding hydrogens is 581 g/mol. The van der Waals surface area contributed by atoms with E-state index in [1.165, 1.54) is 21.8 Å². The number of phosphoric ester groups is 1. The number of nitrogen functional groups attached to an aromatic ring is 2. The molecule has 42 heavy (non-hydrogen) atoms. The Kier molecular flexibility index (Phi) is 7.46. The Hall–Kier alpha value is -3.52. The van der Waals surface area contributed by atoms with Crippen LogP contribution in [-0.4, -0.2) is 98.0 Å². The number of rotatable bonds is 9. The van der Waals surface area contributed by atoms with Crippen LogP contribution in [0.5, 0.6) is 0 Å². The van der Waals surface area contributed by atoms with E-state index in [9.17, 15) is 29.6 Å². The summed E-state index contributed by atoms with van der Waals surface area (Å²) in [4.78, 5) is 41.1. The zero-order chi connectivity index (χ0) is 29.8. The summed E-state index contributed by atoms with van der Waals surface area (Å²) in [5.74, 6) is 0.0663. The fraction of sp³-hybridized carbons (Fsp3) is 0.500. The number of nitrogens with zero attached hydrogens (tertiary/aromatic N) is 6. The van der Waals surface area contributed by atoms with Gasteiger partial charge in [0.2, 0.25) is 5.95 Å². The molecule has 6 heterocycles. The van der Waals surface area contributed by atoms with E-state index in [2.05, 4.69) is 24.9 Å². The van der Waals surface area contributed by atoms with Gasteiger partial charge in [-0.1, -0.05) is 0 Å². The van der Waals surface area contributed by atoms with Gasteiger partial charge in [0.05, 0.1) is 37.1 Å². The quantitative estimate of drug-likeness (QED) is 0.107. The molecule has 8 atom stereocenters. The number of aromatic amines is 1. The van der Waals surface area contributed by atoms with Gasteiger partial charge < -0.3 is 45.7 Å². The van der Waals surface area contributed by atoms with Crippen molar-refractivity contribution in [3.8, 4) is 0 Å². The third kappa shape index (κ3) is 5.14. The molecule has 0 amide bonds. The van der Waals surface area contributed by atoms with Gasteiger partial charge >= 0.3 is 7.82 Å². The third-order valence-electron chi connectivity index (χ3n) is 7.15. The summed E-state index contributed by atoms with van der Waals surface area (Å²) in [5.41, 5.74) is 11.3. The molecule has 1 unspecified atom stereocenters. The zero-order valence-corrected chi connectivity index (χ0v) is 22.6. The number of aliphatic hydroxyl groups is 3. The van der Waals surface area contributed by atoms with Crippen molar-refractivity contribution in [1.82, 2.24) is 34.1 Å². The molecular formula is C22H28N9O10P. The minimum Gasteiger partial charge on any atom is -0.394 e. The zero-order valence-electron chi connectivity index (χ0n) is 21.7. The normalized spacial score (nSPS) is 29.5. The summed E-state index contributed by atoms with van der Waals surface area (Å²) in [7, 11) is -4.73. The van der Waals surface area contributed by atoms with Crippen LogP contribution >= 0.6 is 7.82 Å². The number of H-pyrrole nitrogens is 1. The molecule has 0 bridgehead atoms. The van der Waals surface area contributed by atoms with Crippen molar-refractivity contribution in [3.63, 3.8) is 0 Å². The lowest BCUT2D eigenvalue weighted by Crippen LogP contribution is -2.32. The van der Waals surface area contributed by atoms with E-state index in [4.69, 9.17) is 30.0 Å². The molecule has 9 N–H and O–H groups in total. The highest BCUT2D eigenvalue weighted by atomic mass is 31.2. The second-order valence-electron chi connectivity index (χ2n) is 9.84. The van der Waals surface area contributed by atoms with E-state index in [1.807, 2.05) is 0 Å². The second kappa shape index (κ2) is 11.0. The summed E-state index contributed by atoms with van der Waals surface area (Å²) >= 11 is 0. The number of imidazole rings is 1. The Bertz CT molecular complexity index is 1710. The average molecular weight is 609 g/mol. The summed E-state index contributed by atoms with van der Waals surface area (Å²) in [5, 5.41) is 31.4. The molecule has 20 heteroatoms. The maximum Gasteiger partial charge on any atom is 0.472 e. The van der Waals surface area contributed by atoms with Crippen molar-refractivity contribution in [1.29, 1.82) is 0 Å². The van der Waals surface area contributed by atoms with Crippen molar-refractivity contribution in [2.24, 2.45) is 0 Å².